The normalized spacial score (nSPS) is 11.3. The molecule has 9 nitrogen and oxygen atoms in total. The summed E-state index contributed by atoms with van der Waals surface area (Å²) in [6.45, 7) is 0. The number of methoxy groups -OCH3 is 2. The lowest BCUT2D eigenvalue weighted by Crippen LogP contribution is -2.17. The fraction of sp³-hybridized carbons (Fsp3) is 0.143. The van der Waals surface area contributed by atoms with E-state index in [1.807, 2.05) is 16.0 Å². The summed E-state index contributed by atoms with van der Waals surface area (Å²) in [5.41, 5.74) is 1.31. The van der Waals surface area contributed by atoms with E-state index in [9.17, 15) is 13.2 Å². The summed E-state index contributed by atoms with van der Waals surface area (Å²) >= 11 is 1.48. The minimum absolute atomic E-state index is 0.0621. The zero-order valence-corrected chi connectivity index (χ0v) is 18.9. The summed E-state index contributed by atoms with van der Waals surface area (Å²) in [5.74, 6) is 0.443. The quantitative estimate of drug-likeness (QED) is 0.407. The van der Waals surface area contributed by atoms with E-state index in [4.69, 9.17) is 9.47 Å². The van der Waals surface area contributed by atoms with Crippen molar-refractivity contribution in [3.63, 3.8) is 0 Å². The maximum atomic E-state index is 13.0. The Morgan fingerprint density at radius 3 is 2.53 bits per heavy atom. The van der Waals surface area contributed by atoms with Crippen molar-refractivity contribution < 1.29 is 22.7 Å². The number of anilines is 2. The SMILES string of the molecule is COc1ccc(NS(=O)(=O)c2cc(NC(=O)Cc3cn4ccsc4n3)ccc2OC)cc1. The summed E-state index contributed by atoms with van der Waals surface area (Å²) in [5, 5.41) is 4.63. The van der Waals surface area contributed by atoms with Crippen molar-refractivity contribution in [1.82, 2.24) is 9.38 Å². The smallest absolute Gasteiger partial charge is 0.265 e. The van der Waals surface area contributed by atoms with Crippen molar-refractivity contribution in [3.05, 3.63) is 65.9 Å². The van der Waals surface area contributed by atoms with Gasteiger partial charge in [0, 0.05) is 29.1 Å². The number of hydrogen-bond donors (Lipinski definition) is 2. The first-order chi connectivity index (χ1) is 15.4. The van der Waals surface area contributed by atoms with Gasteiger partial charge in [-0.15, -0.1) is 11.3 Å². The zero-order valence-electron chi connectivity index (χ0n) is 17.2. The van der Waals surface area contributed by atoms with Crippen LogP contribution in [0.1, 0.15) is 5.69 Å². The third-order valence-corrected chi connectivity index (χ3v) is 6.74. The minimum atomic E-state index is -3.98. The number of carbonyl (C=O) groups is 1. The lowest BCUT2D eigenvalue weighted by Gasteiger charge is -2.14. The molecule has 2 aromatic heterocycles. The van der Waals surface area contributed by atoms with Crippen LogP contribution < -0.4 is 19.5 Å². The van der Waals surface area contributed by atoms with Gasteiger partial charge in [0.15, 0.2) is 4.96 Å². The molecule has 0 unspecified atom stereocenters. The highest BCUT2D eigenvalue weighted by molar-refractivity contribution is 7.92. The molecule has 0 aliphatic heterocycles. The molecule has 0 saturated carbocycles. The number of benzene rings is 2. The second-order valence-electron chi connectivity index (χ2n) is 6.75. The molecule has 0 atom stereocenters. The number of imidazole rings is 1. The van der Waals surface area contributed by atoms with Crippen LogP contribution in [0.15, 0.2) is 65.1 Å². The number of fused-ring (bicyclic) bond motifs is 1. The van der Waals surface area contributed by atoms with Gasteiger partial charge in [-0.2, -0.15) is 0 Å². The van der Waals surface area contributed by atoms with Crippen LogP contribution in [0.5, 0.6) is 11.5 Å². The van der Waals surface area contributed by atoms with E-state index in [0.717, 1.165) is 4.96 Å². The van der Waals surface area contributed by atoms with Crippen LogP contribution >= 0.6 is 11.3 Å². The maximum absolute atomic E-state index is 13.0. The Hall–Kier alpha value is -3.57. The maximum Gasteiger partial charge on any atom is 0.265 e. The van der Waals surface area contributed by atoms with Crippen molar-refractivity contribution in [3.8, 4) is 11.5 Å². The lowest BCUT2D eigenvalue weighted by molar-refractivity contribution is -0.115. The van der Waals surface area contributed by atoms with E-state index in [2.05, 4.69) is 15.0 Å². The van der Waals surface area contributed by atoms with Gasteiger partial charge in [-0.25, -0.2) is 13.4 Å². The fourth-order valence-corrected chi connectivity index (χ4v) is 5.04. The molecular weight excluding hydrogens is 452 g/mol. The summed E-state index contributed by atoms with van der Waals surface area (Å²) < 4.78 is 40.6. The van der Waals surface area contributed by atoms with Gasteiger partial charge in [0.05, 0.1) is 26.3 Å². The molecule has 0 fully saturated rings. The van der Waals surface area contributed by atoms with Crippen LogP contribution in [0.2, 0.25) is 0 Å². The molecular formula is C21H20N4O5S2. The highest BCUT2D eigenvalue weighted by atomic mass is 32.2. The van der Waals surface area contributed by atoms with Gasteiger partial charge in [0.25, 0.3) is 10.0 Å². The molecule has 11 heteroatoms. The number of nitrogens with zero attached hydrogens (tertiary/aromatic N) is 2. The van der Waals surface area contributed by atoms with Crippen molar-refractivity contribution in [2.75, 3.05) is 24.3 Å². The van der Waals surface area contributed by atoms with Crippen LogP contribution in [-0.4, -0.2) is 37.9 Å². The van der Waals surface area contributed by atoms with E-state index in [-0.39, 0.29) is 23.0 Å². The monoisotopic (exact) mass is 472 g/mol. The first kappa shape index (κ1) is 21.7. The Morgan fingerprint density at radius 2 is 1.84 bits per heavy atom. The second kappa shape index (κ2) is 8.89. The average molecular weight is 473 g/mol. The molecule has 0 radical (unpaired) electrons. The van der Waals surface area contributed by atoms with Crippen LogP contribution in [0.3, 0.4) is 0 Å². The van der Waals surface area contributed by atoms with Crippen molar-refractivity contribution in [2.24, 2.45) is 0 Å². The molecule has 0 bridgehead atoms. The number of rotatable bonds is 8. The molecule has 32 heavy (non-hydrogen) atoms. The Bertz CT molecular complexity index is 1330. The first-order valence-electron chi connectivity index (χ1n) is 9.44. The first-order valence-corrected chi connectivity index (χ1v) is 11.8. The number of hydrogen-bond acceptors (Lipinski definition) is 7. The Morgan fingerprint density at radius 1 is 1.09 bits per heavy atom. The number of carbonyl (C=O) groups excluding carboxylic acids is 1. The number of thiazole rings is 1. The number of ether oxygens (including phenoxy) is 2. The molecule has 4 aromatic rings. The van der Waals surface area contributed by atoms with Gasteiger partial charge in [-0.3, -0.25) is 13.9 Å². The molecule has 0 aliphatic rings. The molecule has 166 valence electrons. The molecule has 2 aromatic carbocycles. The van der Waals surface area contributed by atoms with Gasteiger partial charge in [-0.05, 0) is 42.5 Å². The Balaban J connectivity index is 1.52. The van der Waals surface area contributed by atoms with E-state index >= 15 is 0 Å². The highest BCUT2D eigenvalue weighted by Gasteiger charge is 2.21. The molecule has 2 heterocycles. The zero-order chi connectivity index (χ0) is 22.7. The fourth-order valence-electron chi connectivity index (χ4n) is 3.06. The molecule has 0 spiro atoms. The van der Waals surface area contributed by atoms with E-state index in [0.29, 0.717) is 22.8 Å². The topological polar surface area (TPSA) is 111 Å². The van der Waals surface area contributed by atoms with Gasteiger partial charge in [-0.1, -0.05) is 0 Å². The van der Waals surface area contributed by atoms with Crippen molar-refractivity contribution in [2.45, 2.75) is 11.3 Å². The van der Waals surface area contributed by atoms with Crippen LogP contribution in [0.4, 0.5) is 11.4 Å². The molecule has 0 saturated heterocycles. The summed E-state index contributed by atoms with van der Waals surface area (Å²) in [4.78, 5) is 17.6. The van der Waals surface area contributed by atoms with Crippen LogP contribution in [0, 0.1) is 0 Å². The van der Waals surface area contributed by atoms with Crippen LogP contribution in [-0.2, 0) is 21.2 Å². The van der Waals surface area contributed by atoms with E-state index in [1.165, 1.54) is 37.7 Å². The molecule has 2 N–H and O–H groups in total. The third kappa shape index (κ3) is 4.68. The van der Waals surface area contributed by atoms with E-state index < -0.39 is 10.0 Å². The van der Waals surface area contributed by atoms with E-state index in [1.54, 1.807) is 36.5 Å². The molecule has 1 amide bonds. The van der Waals surface area contributed by atoms with Gasteiger partial charge < -0.3 is 14.8 Å². The average Bonchev–Trinajstić information content (AvgIpc) is 3.35. The van der Waals surface area contributed by atoms with Gasteiger partial charge in [0.2, 0.25) is 5.91 Å². The molecule has 4 rings (SSSR count). The predicted octanol–water partition coefficient (Wildman–Crippen LogP) is 3.40. The minimum Gasteiger partial charge on any atom is -0.497 e. The summed E-state index contributed by atoms with van der Waals surface area (Å²) in [6, 6.07) is 10.9. The summed E-state index contributed by atoms with van der Waals surface area (Å²) in [6.07, 6.45) is 3.71. The largest absolute Gasteiger partial charge is 0.497 e. The lowest BCUT2D eigenvalue weighted by atomic mass is 10.2. The number of aromatic nitrogens is 2. The number of sulfonamides is 1. The third-order valence-electron chi connectivity index (χ3n) is 4.56. The van der Waals surface area contributed by atoms with Crippen molar-refractivity contribution >= 4 is 43.6 Å². The summed E-state index contributed by atoms with van der Waals surface area (Å²) in [7, 11) is -1.08. The van der Waals surface area contributed by atoms with Gasteiger partial charge >= 0.3 is 0 Å². The second-order valence-corrected chi connectivity index (χ2v) is 9.27. The van der Waals surface area contributed by atoms with Crippen LogP contribution in [0.25, 0.3) is 4.96 Å². The predicted molar refractivity (Wildman–Crippen MR) is 122 cm³/mol. The standard InChI is InChI=1S/C21H20N4O5S2/c1-29-17-6-3-14(4-7-17)24-32(27,28)19-11-15(5-8-18(19)30-2)22-20(26)12-16-13-25-9-10-31-21(25)23-16/h3-11,13,24H,12H2,1-2H3,(H,22,26). The Kier molecular flexibility index (Phi) is 6.01. The number of nitrogens with one attached hydrogen (secondary N) is 2. The highest BCUT2D eigenvalue weighted by Crippen LogP contribution is 2.29. The van der Waals surface area contributed by atoms with Gasteiger partial charge in [0.1, 0.15) is 16.4 Å². The molecule has 0 aliphatic carbocycles. The Labute approximate surface area is 188 Å². The number of amides is 1. The van der Waals surface area contributed by atoms with Crippen molar-refractivity contribution in [1.29, 1.82) is 0 Å².